The largest absolute Gasteiger partial charge is 0.390 e. The van der Waals surface area contributed by atoms with Gasteiger partial charge in [0.05, 0.1) is 12.2 Å². The van der Waals surface area contributed by atoms with E-state index in [9.17, 15) is 14.6 Å². The molecule has 2 unspecified atom stereocenters. The fraction of sp³-hybridized carbons (Fsp3) is 0.500. The zero-order valence-corrected chi connectivity index (χ0v) is 9.91. The van der Waals surface area contributed by atoms with Crippen molar-refractivity contribution in [3.8, 4) is 0 Å². The third kappa shape index (κ3) is 3.74. The molecule has 0 amide bonds. The standard InChI is InChI=1S/C12H16ClFO2/c1-2-3-11(15)12(16)6-8-4-5-9(13)7-10(8)14/h4-5,7,11-12,15-16H,2-3,6H2,1H3. The van der Waals surface area contributed by atoms with Crippen molar-refractivity contribution >= 4 is 11.6 Å². The van der Waals surface area contributed by atoms with Gasteiger partial charge in [-0.3, -0.25) is 0 Å². The van der Waals surface area contributed by atoms with Gasteiger partial charge in [0.1, 0.15) is 5.82 Å². The van der Waals surface area contributed by atoms with Crippen molar-refractivity contribution in [1.82, 2.24) is 0 Å². The molecule has 2 atom stereocenters. The molecule has 90 valence electrons. The van der Waals surface area contributed by atoms with Crippen molar-refractivity contribution in [3.05, 3.63) is 34.6 Å². The first kappa shape index (κ1) is 13.4. The summed E-state index contributed by atoms with van der Waals surface area (Å²) in [7, 11) is 0. The third-order valence-corrected chi connectivity index (χ3v) is 2.71. The molecule has 0 bridgehead atoms. The van der Waals surface area contributed by atoms with E-state index in [1.165, 1.54) is 12.1 Å². The molecule has 1 aromatic rings. The first-order valence-corrected chi connectivity index (χ1v) is 5.72. The van der Waals surface area contributed by atoms with Gasteiger partial charge in [-0.15, -0.1) is 0 Å². The van der Waals surface area contributed by atoms with E-state index in [0.29, 0.717) is 17.0 Å². The highest BCUT2D eigenvalue weighted by atomic mass is 35.5. The summed E-state index contributed by atoms with van der Waals surface area (Å²) in [5.74, 6) is -0.449. The predicted octanol–water partition coefficient (Wildman–Crippen LogP) is 2.54. The van der Waals surface area contributed by atoms with Crippen LogP contribution in [0.5, 0.6) is 0 Å². The van der Waals surface area contributed by atoms with E-state index >= 15 is 0 Å². The van der Waals surface area contributed by atoms with E-state index in [1.54, 1.807) is 6.07 Å². The summed E-state index contributed by atoms with van der Waals surface area (Å²) < 4.78 is 13.4. The lowest BCUT2D eigenvalue weighted by molar-refractivity contribution is 0.0144. The topological polar surface area (TPSA) is 40.5 Å². The highest BCUT2D eigenvalue weighted by Gasteiger charge is 2.17. The summed E-state index contributed by atoms with van der Waals surface area (Å²) in [5, 5.41) is 19.5. The van der Waals surface area contributed by atoms with Crippen LogP contribution in [0.3, 0.4) is 0 Å². The van der Waals surface area contributed by atoms with Gasteiger partial charge in [-0.2, -0.15) is 0 Å². The molecule has 0 aliphatic heterocycles. The van der Waals surface area contributed by atoms with Crippen LogP contribution in [-0.2, 0) is 6.42 Å². The number of hydrogen-bond acceptors (Lipinski definition) is 2. The molecule has 1 aromatic carbocycles. The summed E-state index contributed by atoms with van der Waals surface area (Å²) in [4.78, 5) is 0. The average molecular weight is 247 g/mol. The minimum absolute atomic E-state index is 0.101. The SMILES string of the molecule is CCCC(O)C(O)Cc1ccc(Cl)cc1F. The molecule has 16 heavy (non-hydrogen) atoms. The second-order valence-corrected chi connectivity index (χ2v) is 4.30. The van der Waals surface area contributed by atoms with E-state index in [0.717, 1.165) is 6.42 Å². The minimum atomic E-state index is -0.935. The van der Waals surface area contributed by atoms with Crippen LogP contribution in [0.1, 0.15) is 25.3 Å². The van der Waals surface area contributed by atoms with Gasteiger partial charge in [-0.05, 0) is 24.1 Å². The number of aliphatic hydroxyl groups excluding tert-OH is 2. The molecule has 0 aliphatic rings. The quantitative estimate of drug-likeness (QED) is 0.838. The third-order valence-electron chi connectivity index (χ3n) is 2.47. The van der Waals surface area contributed by atoms with Crippen LogP contribution in [0.4, 0.5) is 4.39 Å². The first-order valence-electron chi connectivity index (χ1n) is 5.34. The molecule has 1 rings (SSSR count). The first-order chi connectivity index (χ1) is 7.54. The van der Waals surface area contributed by atoms with Gasteiger partial charge < -0.3 is 10.2 Å². The Labute approximate surface area is 99.7 Å². The average Bonchev–Trinajstić information content (AvgIpc) is 2.22. The van der Waals surface area contributed by atoms with Crippen LogP contribution in [-0.4, -0.2) is 22.4 Å². The van der Waals surface area contributed by atoms with Gasteiger partial charge in [0.2, 0.25) is 0 Å². The van der Waals surface area contributed by atoms with E-state index in [4.69, 9.17) is 11.6 Å². The summed E-state index contributed by atoms with van der Waals surface area (Å²) in [6.45, 7) is 1.92. The Kier molecular flexibility index (Phi) is 5.19. The summed E-state index contributed by atoms with van der Waals surface area (Å²) in [6.07, 6.45) is -0.349. The molecule has 0 saturated heterocycles. The van der Waals surface area contributed by atoms with Crippen molar-refractivity contribution in [3.63, 3.8) is 0 Å². The Morgan fingerprint density at radius 2 is 2.00 bits per heavy atom. The fourth-order valence-corrected chi connectivity index (χ4v) is 1.70. The maximum atomic E-state index is 13.4. The lowest BCUT2D eigenvalue weighted by Gasteiger charge is -2.17. The highest BCUT2D eigenvalue weighted by Crippen LogP contribution is 2.17. The van der Waals surface area contributed by atoms with Crippen LogP contribution in [0.25, 0.3) is 0 Å². The van der Waals surface area contributed by atoms with Crippen LogP contribution in [0.15, 0.2) is 18.2 Å². The number of rotatable bonds is 5. The van der Waals surface area contributed by atoms with E-state index in [1.807, 2.05) is 6.92 Å². The maximum absolute atomic E-state index is 13.4. The van der Waals surface area contributed by atoms with Gasteiger partial charge in [0, 0.05) is 11.4 Å². The molecule has 0 spiro atoms. The molecular weight excluding hydrogens is 231 g/mol. The number of aliphatic hydroxyl groups is 2. The lowest BCUT2D eigenvalue weighted by atomic mass is 10.0. The van der Waals surface area contributed by atoms with Crippen molar-refractivity contribution < 1.29 is 14.6 Å². The van der Waals surface area contributed by atoms with Crippen molar-refractivity contribution in [1.29, 1.82) is 0 Å². The number of halogens is 2. The highest BCUT2D eigenvalue weighted by molar-refractivity contribution is 6.30. The Hall–Kier alpha value is -0.640. The molecule has 4 heteroatoms. The molecule has 0 aromatic heterocycles. The van der Waals surface area contributed by atoms with Gasteiger partial charge in [0.25, 0.3) is 0 Å². The second kappa shape index (κ2) is 6.18. The predicted molar refractivity (Wildman–Crippen MR) is 62.0 cm³/mol. The van der Waals surface area contributed by atoms with Crippen molar-refractivity contribution in [2.45, 2.75) is 38.4 Å². The van der Waals surface area contributed by atoms with Crippen molar-refractivity contribution in [2.75, 3.05) is 0 Å². The van der Waals surface area contributed by atoms with E-state index in [2.05, 4.69) is 0 Å². The molecule has 0 saturated carbocycles. The number of hydrogen-bond donors (Lipinski definition) is 2. The van der Waals surface area contributed by atoms with E-state index < -0.39 is 18.0 Å². The Balaban J connectivity index is 2.65. The Morgan fingerprint density at radius 3 is 2.56 bits per heavy atom. The zero-order valence-electron chi connectivity index (χ0n) is 9.16. The molecule has 0 fully saturated rings. The summed E-state index contributed by atoms with van der Waals surface area (Å²) in [5.41, 5.74) is 0.368. The van der Waals surface area contributed by atoms with Gasteiger partial charge in [0.15, 0.2) is 0 Å². The van der Waals surface area contributed by atoms with Crippen molar-refractivity contribution in [2.24, 2.45) is 0 Å². The molecule has 0 aliphatic carbocycles. The second-order valence-electron chi connectivity index (χ2n) is 3.86. The Bertz CT molecular complexity index is 344. The molecule has 0 radical (unpaired) electrons. The van der Waals surface area contributed by atoms with Gasteiger partial charge in [-0.1, -0.05) is 31.0 Å². The molecular formula is C12H16ClFO2. The summed E-state index contributed by atoms with van der Waals surface area (Å²) in [6, 6.07) is 4.30. The monoisotopic (exact) mass is 246 g/mol. The Morgan fingerprint density at radius 1 is 1.31 bits per heavy atom. The smallest absolute Gasteiger partial charge is 0.127 e. The van der Waals surface area contributed by atoms with Gasteiger partial charge in [-0.25, -0.2) is 4.39 Å². The lowest BCUT2D eigenvalue weighted by Crippen LogP contribution is -2.28. The van der Waals surface area contributed by atoms with E-state index in [-0.39, 0.29) is 6.42 Å². The summed E-state index contributed by atoms with van der Waals surface area (Å²) >= 11 is 5.61. The number of benzene rings is 1. The normalized spacial score (nSPS) is 14.8. The van der Waals surface area contributed by atoms with Crippen LogP contribution < -0.4 is 0 Å². The molecule has 0 heterocycles. The van der Waals surface area contributed by atoms with Crippen LogP contribution >= 0.6 is 11.6 Å². The van der Waals surface area contributed by atoms with Gasteiger partial charge >= 0.3 is 0 Å². The fourth-order valence-electron chi connectivity index (χ4n) is 1.54. The molecule has 2 nitrogen and oxygen atoms in total. The molecule has 2 N–H and O–H groups in total. The van der Waals surface area contributed by atoms with Crippen LogP contribution in [0.2, 0.25) is 5.02 Å². The minimum Gasteiger partial charge on any atom is -0.390 e. The zero-order chi connectivity index (χ0) is 12.1. The maximum Gasteiger partial charge on any atom is 0.127 e. The van der Waals surface area contributed by atoms with Crippen LogP contribution in [0, 0.1) is 5.82 Å².